The number of benzene rings is 2. The summed E-state index contributed by atoms with van der Waals surface area (Å²) in [4.78, 5) is 6.01. The van der Waals surface area contributed by atoms with Crippen LogP contribution in [0.1, 0.15) is 22.7 Å². The Morgan fingerprint density at radius 2 is 1.70 bits per heavy atom. The third-order valence-electron chi connectivity index (χ3n) is 5.34. The molecule has 0 aliphatic carbocycles. The van der Waals surface area contributed by atoms with Crippen LogP contribution >= 0.6 is 11.8 Å². The number of rotatable bonds is 1. The Morgan fingerprint density at radius 1 is 0.963 bits per heavy atom. The van der Waals surface area contributed by atoms with Gasteiger partial charge in [-0.1, -0.05) is 17.8 Å². The van der Waals surface area contributed by atoms with Gasteiger partial charge in [0.1, 0.15) is 5.82 Å². The fourth-order valence-corrected chi connectivity index (χ4v) is 4.92. The highest BCUT2D eigenvalue weighted by Gasteiger charge is 2.34. The van der Waals surface area contributed by atoms with Crippen molar-refractivity contribution in [1.29, 1.82) is 0 Å². The molecule has 4 rings (SSSR count). The van der Waals surface area contributed by atoms with Gasteiger partial charge in [0, 0.05) is 42.0 Å². The van der Waals surface area contributed by atoms with Crippen LogP contribution in [0.15, 0.2) is 46.2 Å². The summed E-state index contributed by atoms with van der Waals surface area (Å²) in [6, 6.07) is 8.53. The van der Waals surface area contributed by atoms with Gasteiger partial charge in [0.05, 0.1) is 5.56 Å². The van der Waals surface area contributed by atoms with E-state index in [1.165, 1.54) is 23.9 Å². The molecule has 1 saturated heterocycles. The molecule has 27 heavy (non-hydrogen) atoms. The number of likely N-dealkylation sites (N-methyl/N-ethyl adjacent to an activating group) is 1. The number of alkyl halides is 3. The van der Waals surface area contributed by atoms with E-state index in [0.29, 0.717) is 11.3 Å². The molecule has 0 saturated carbocycles. The highest BCUT2D eigenvalue weighted by Crippen LogP contribution is 2.45. The minimum absolute atomic E-state index is 0.0325. The lowest BCUT2D eigenvalue weighted by molar-refractivity contribution is -0.137. The van der Waals surface area contributed by atoms with Crippen LogP contribution in [0.25, 0.3) is 0 Å². The smallest absolute Gasteiger partial charge is 0.304 e. The van der Waals surface area contributed by atoms with Crippen molar-refractivity contribution in [1.82, 2.24) is 9.80 Å². The maximum atomic E-state index is 14.0. The summed E-state index contributed by atoms with van der Waals surface area (Å²) < 4.78 is 53.4. The topological polar surface area (TPSA) is 6.48 Å². The Labute approximate surface area is 160 Å². The molecule has 2 heterocycles. The maximum Gasteiger partial charge on any atom is 0.416 e. The van der Waals surface area contributed by atoms with Crippen LogP contribution in [0, 0.1) is 5.82 Å². The number of piperazine rings is 1. The summed E-state index contributed by atoms with van der Waals surface area (Å²) in [7, 11) is 2.07. The Bertz CT molecular complexity index is 844. The van der Waals surface area contributed by atoms with Gasteiger partial charge in [0.2, 0.25) is 0 Å². The second-order valence-electron chi connectivity index (χ2n) is 7.16. The number of hydrogen-bond donors (Lipinski definition) is 0. The van der Waals surface area contributed by atoms with Crippen LogP contribution in [0.2, 0.25) is 0 Å². The minimum Gasteiger partial charge on any atom is -0.304 e. The molecule has 1 atom stereocenters. The Kier molecular flexibility index (Phi) is 4.94. The monoisotopic (exact) mass is 396 g/mol. The maximum absolute atomic E-state index is 14.0. The zero-order chi connectivity index (χ0) is 19.2. The van der Waals surface area contributed by atoms with Gasteiger partial charge in [-0.05, 0) is 54.9 Å². The van der Waals surface area contributed by atoms with E-state index >= 15 is 0 Å². The normalized spacial score (nSPS) is 21.4. The molecule has 2 aromatic carbocycles. The molecule has 0 aromatic heterocycles. The average Bonchev–Trinajstić information content (AvgIpc) is 2.77. The highest BCUT2D eigenvalue weighted by molar-refractivity contribution is 7.99. The quantitative estimate of drug-likeness (QED) is 0.637. The van der Waals surface area contributed by atoms with Crippen LogP contribution in [-0.2, 0) is 12.6 Å². The minimum atomic E-state index is -4.37. The Balaban J connectivity index is 1.76. The lowest BCUT2D eigenvalue weighted by atomic mass is 9.96. The van der Waals surface area contributed by atoms with Crippen molar-refractivity contribution in [2.24, 2.45) is 0 Å². The van der Waals surface area contributed by atoms with Gasteiger partial charge in [0.15, 0.2) is 0 Å². The van der Waals surface area contributed by atoms with E-state index < -0.39 is 11.7 Å². The van der Waals surface area contributed by atoms with Gasteiger partial charge in [0.25, 0.3) is 0 Å². The lowest BCUT2D eigenvalue weighted by Gasteiger charge is -2.38. The van der Waals surface area contributed by atoms with E-state index in [1.807, 2.05) is 0 Å². The van der Waals surface area contributed by atoms with E-state index in [4.69, 9.17) is 0 Å². The SMILES string of the molecule is CN1CCN(C2Cc3ccc(C(F)(F)F)cc3Sc3ccc(F)cc32)CC1. The lowest BCUT2D eigenvalue weighted by Crippen LogP contribution is -2.46. The molecule has 1 fully saturated rings. The molecule has 0 amide bonds. The van der Waals surface area contributed by atoms with Crippen LogP contribution in [0.5, 0.6) is 0 Å². The van der Waals surface area contributed by atoms with Crippen LogP contribution in [0.4, 0.5) is 17.6 Å². The highest BCUT2D eigenvalue weighted by atomic mass is 32.2. The Morgan fingerprint density at radius 3 is 2.41 bits per heavy atom. The van der Waals surface area contributed by atoms with E-state index in [9.17, 15) is 17.6 Å². The van der Waals surface area contributed by atoms with Crippen LogP contribution in [-0.4, -0.2) is 43.0 Å². The summed E-state index contributed by atoms with van der Waals surface area (Å²) in [6.07, 6.45) is -3.79. The van der Waals surface area contributed by atoms with Crippen molar-refractivity contribution in [3.8, 4) is 0 Å². The van der Waals surface area contributed by atoms with Crippen LogP contribution in [0.3, 0.4) is 0 Å². The van der Waals surface area contributed by atoms with E-state index in [1.54, 1.807) is 18.2 Å². The molecule has 144 valence electrons. The molecule has 2 aromatic rings. The molecule has 2 aliphatic heterocycles. The predicted octanol–water partition coefficient (Wildman–Crippen LogP) is 4.84. The largest absolute Gasteiger partial charge is 0.416 e. The number of fused-ring (bicyclic) bond motifs is 2. The van der Waals surface area contributed by atoms with Gasteiger partial charge < -0.3 is 4.90 Å². The van der Waals surface area contributed by atoms with Crippen molar-refractivity contribution in [3.63, 3.8) is 0 Å². The number of hydrogen-bond acceptors (Lipinski definition) is 3. The van der Waals surface area contributed by atoms with Gasteiger partial charge in [-0.2, -0.15) is 13.2 Å². The second kappa shape index (κ2) is 7.11. The molecule has 0 radical (unpaired) electrons. The first-order valence-electron chi connectivity index (χ1n) is 8.91. The number of nitrogens with zero attached hydrogens (tertiary/aromatic N) is 2. The van der Waals surface area contributed by atoms with Crippen molar-refractivity contribution < 1.29 is 17.6 Å². The van der Waals surface area contributed by atoms with Crippen molar-refractivity contribution in [2.75, 3.05) is 33.2 Å². The first-order valence-corrected chi connectivity index (χ1v) is 9.73. The molecule has 0 spiro atoms. The summed E-state index contributed by atoms with van der Waals surface area (Å²) >= 11 is 1.31. The molecule has 1 unspecified atom stereocenters. The predicted molar refractivity (Wildman–Crippen MR) is 97.5 cm³/mol. The van der Waals surface area contributed by atoms with E-state index in [2.05, 4.69) is 16.8 Å². The summed E-state index contributed by atoms with van der Waals surface area (Å²) in [5.41, 5.74) is 1.11. The summed E-state index contributed by atoms with van der Waals surface area (Å²) in [5, 5.41) is 0. The molecular weight excluding hydrogens is 376 g/mol. The molecule has 2 aliphatic rings. The fourth-order valence-electron chi connectivity index (χ4n) is 3.76. The molecule has 7 heteroatoms. The van der Waals surface area contributed by atoms with Gasteiger partial charge in [-0.25, -0.2) is 4.39 Å². The molecule has 2 nitrogen and oxygen atoms in total. The third kappa shape index (κ3) is 3.86. The van der Waals surface area contributed by atoms with Crippen LogP contribution < -0.4 is 0 Å². The second-order valence-corrected chi connectivity index (χ2v) is 8.25. The first-order chi connectivity index (χ1) is 12.8. The number of halogens is 4. The van der Waals surface area contributed by atoms with E-state index in [0.717, 1.165) is 48.3 Å². The van der Waals surface area contributed by atoms with E-state index in [-0.39, 0.29) is 11.9 Å². The molecule has 0 N–H and O–H groups in total. The van der Waals surface area contributed by atoms with Crippen molar-refractivity contribution >= 4 is 11.8 Å². The first kappa shape index (κ1) is 18.8. The zero-order valence-electron chi connectivity index (χ0n) is 14.9. The van der Waals surface area contributed by atoms with Crippen molar-refractivity contribution in [2.45, 2.75) is 28.4 Å². The summed E-state index contributed by atoms with van der Waals surface area (Å²) in [5.74, 6) is -0.310. The average molecular weight is 396 g/mol. The zero-order valence-corrected chi connectivity index (χ0v) is 15.7. The van der Waals surface area contributed by atoms with Crippen molar-refractivity contribution in [3.05, 3.63) is 58.9 Å². The fraction of sp³-hybridized carbons (Fsp3) is 0.400. The third-order valence-corrected chi connectivity index (χ3v) is 6.53. The van der Waals surface area contributed by atoms with Gasteiger partial charge in [-0.3, -0.25) is 4.90 Å². The summed E-state index contributed by atoms with van der Waals surface area (Å²) in [6.45, 7) is 3.57. The van der Waals surface area contributed by atoms with Gasteiger partial charge in [-0.15, -0.1) is 0 Å². The molecular formula is C20H20F4N2S. The molecule has 0 bridgehead atoms. The van der Waals surface area contributed by atoms with Gasteiger partial charge >= 0.3 is 6.18 Å². The Hall–Kier alpha value is -1.57. The standard InChI is InChI=1S/C20H20F4N2S/c1-25-6-8-26(9-7-25)17-10-13-2-3-14(20(22,23)24)11-19(13)27-18-5-4-15(21)12-16(17)18/h2-5,11-12,17H,6-10H2,1H3.